The summed E-state index contributed by atoms with van der Waals surface area (Å²) in [7, 11) is -3.68. The molecule has 1 aromatic carbocycles. The minimum atomic E-state index is -3.68. The Labute approximate surface area is 127 Å². The molecule has 1 aromatic rings. The first-order valence-corrected chi connectivity index (χ1v) is 8.48. The molecule has 0 aliphatic rings. The molecule has 21 heavy (non-hydrogen) atoms. The Morgan fingerprint density at radius 1 is 1.19 bits per heavy atom. The largest absolute Gasteiger partial charge is 0.493 e. The van der Waals surface area contributed by atoms with Gasteiger partial charge in [-0.05, 0) is 51.0 Å². The molecule has 1 unspecified atom stereocenters. The third-order valence-electron chi connectivity index (χ3n) is 3.16. The van der Waals surface area contributed by atoms with Gasteiger partial charge in [-0.3, -0.25) is 0 Å². The van der Waals surface area contributed by atoms with Crippen LogP contribution in [0.25, 0.3) is 0 Å². The number of benzene rings is 1. The summed E-state index contributed by atoms with van der Waals surface area (Å²) in [6, 6.07) is 6.25. The van der Waals surface area contributed by atoms with Crippen molar-refractivity contribution in [2.24, 2.45) is 5.92 Å². The second-order valence-corrected chi connectivity index (χ2v) is 7.86. The number of hydrogen-bond acceptors (Lipinski definition) is 4. The van der Waals surface area contributed by atoms with Crippen molar-refractivity contribution in [3.63, 3.8) is 0 Å². The molecule has 0 aromatic heterocycles. The number of aliphatic hydroxyl groups is 1. The fraction of sp³-hybridized carbons (Fsp3) is 0.600. The molecule has 120 valence electrons. The molecule has 0 aliphatic carbocycles. The van der Waals surface area contributed by atoms with Crippen LogP contribution in [-0.2, 0) is 10.0 Å². The molecule has 0 saturated carbocycles. The number of rotatable bonds is 7. The predicted octanol–water partition coefficient (Wildman–Crippen LogP) is 2.16. The summed E-state index contributed by atoms with van der Waals surface area (Å²) in [6.07, 6.45) is -0.805. The number of hydrogen-bond donors (Lipinski definition) is 2. The molecule has 1 rings (SSSR count). The molecule has 0 fully saturated rings. The second kappa shape index (κ2) is 6.77. The Bertz CT molecular complexity index is 548. The van der Waals surface area contributed by atoms with Gasteiger partial charge in [0, 0.05) is 0 Å². The van der Waals surface area contributed by atoms with Gasteiger partial charge in [-0.1, -0.05) is 13.8 Å². The van der Waals surface area contributed by atoms with Gasteiger partial charge in [-0.25, -0.2) is 13.1 Å². The van der Waals surface area contributed by atoms with Crippen LogP contribution in [0.3, 0.4) is 0 Å². The zero-order valence-corrected chi connectivity index (χ0v) is 14.1. The summed E-state index contributed by atoms with van der Waals surface area (Å²) in [5, 5.41) is 9.61. The summed E-state index contributed by atoms with van der Waals surface area (Å²) in [5.74, 6) is 1.04. The molecule has 0 spiro atoms. The van der Waals surface area contributed by atoms with E-state index in [1.54, 1.807) is 32.9 Å². The lowest BCUT2D eigenvalue weighted by Gasteiger charge is -2.28. The van der Waals surface area contributed by atoms with Crippen molar-refractivity contribution in [1.82, 2.24) is 4.72 Å². The maximum Gasteiger partial charge on any atom is 0.241 e. The van der Waals surface area contributed by atoms with Crippen molar-refractivity contribution in [3.8, 4) is 5.75 Å². The molecule has 5 nitrogen and oxygen atoms in total. The zero-order chi connectivity index (χ0) is 16.3. The van der Waals surface area contributed by atoms with Crippen LogP contribution in [0, 0.1) is 5.92 Å². The average Bonchev–Trinajstić information content (AvgIpc) is 2.35. The standard InChI is InChI=1S/C15H25NO4S/c1-11(2)10-20-13-6-8-14(9-7-13)21(18,19)16-15(4,5)12(3)17/h6-9,11-12,16-17H,10H2,1-5H3. The van der Waals surface area contributed by atoms with Gasteiger partial charge in [0.05, 0.1) is 23.1 Å². The highest BCUT2D eigenvalue weighted by Gasteiger charge is 2.30. The van der Waals surface area contributed by atoms with Crippen LogP contribution in [-0.4, -0.2) is 31.8 Å². The van der Waals surface area contributed by atoms with Crippen molar-refractivity contribution < 1.29 is 18.3 Å². The summed E-state index contributed by atoms with van der Waals surface area (Å²) in [5.41, 5.74) is -0.939. The van der Waals surface area contributed by atoms with Crippen LogP contribution in [0.4, 0.5) is 0 Å². The minimum Gasteiger partial charge on any atom is -0.493 e. The molecular weight excluding hydrogens is 290 g/mol. The van der Waals surface area contributed by atoms with E-state index in [2.05, 4.69) is 4.72 Å². The fourth-order valence-corrected chi connectivity index (χ4v) is 2.94. The highest BCUT2D eigenvalue weighted by molar-refractivity contribution is 7.89. The fourth-order valence-electron chi connectivity index (χ4n) is 1.47. The van der Waals surface area contributed by atoms with Crippen molar-refractivity contribution in [3.05, 3.63) is 24.3 Å². The minimum absolute atomic E-state index is 0.146. The van der Waals surface area contributed by atoms with E-state index in [1.807, 2.05) is 13.8 Å². The molecule has 2 N–H and O–H groups in total. The maximum absolute atomic E-state index is 12.3. The summed E-state index contributed by atoms with van der Waals surface area (Å²) in [6.45, 7) is 9.48. The van der Waals surface area contributed by atoms with Gasteiger partial charge >= 0.3 is 0 Å². The number of sulfonamides is 1. The molecule has 0 heterocycles. The van der Waals surface area contributed by atoms with E-state index in [-0.39, 0.29) is 4.90 Å². The van der Waals surface area contributed by atoms with E-state index in [1.165, 1.54) is 12.1 Å². The van der Waals surface area contributed by atoms with Crippen LogP contribution in [0.15, 0.2) is 29.2 Å². The molecule has 0 bridgehead atoms. The van der Waals surface area contributed by atoms with Crippen LogP contribution in [0.5, 0.6) is 5.75 Å². The lowest BCUT2D eigenvalue weighted by molar-refractivity contribution is 0.111. The molecule has 0 saturated heterocycles. The van der Waals surface area contributed by atoms with Gasteiger partial charge in [-0.2, -0.15) is 0 Å². The van der Waals surface area contributed by atoms with Crippen LogP contribution < -0.4 is 9.46 Å². The summed E-state index contributed by atoms with van der Waals surface area (Å²) in [4.78, 5) is 0.146. The lowest BCUT2D eigenvalue weighted by atomic mass is 10.0. The summed E-state index contributed by atoms with van der Waals surface area (Å²) < 4.78 is 32.6. The number of ether oxygens (including phenoxy) is 1. The van der Waals surface area contributed by atoms with Gasteiger partial charge in [0.2, 0.25) is 10.0 Å². The van der Waals surface area contributed by atoms with E-state index in [0.717, 1.165) is 0 Å². The first-order valence-electron chi connectivity index (χ1n) is 6.99. The molecule has 0 radical (unpaired) electrons. The Kier molecular flexibility index (Phi) is 5.78. The Morgan fingerprint density at radius 2 is 1.71 bits per heavy atom. The molecular formula is C15H25NO4S. The van der Waals surface area contributed by atoms with Crippen molar-refractivity contribution >= 4 is 10.0 Å². The van der Waals surface area contributed by atoms with Crippen LogP contribution >= 0.6 is 0 Å². The predicted molar refractivity (Wildman–Crippen MR) is 82.9 cm³/mol. The van der Waals surface area contributed by atoms with E-state index in [0.29, 0.717) is 18.3 Å². The van der Waals surface area contributed by atoms with E-state index >= 15 is 0 Å². The first kappa shape index (κ1) is 17.9. The highest BCUT2D eigenvalue weighted by Crippen LogP contribution is 2.19. The Hall–Kier alpha value is -1.11. The monoisotopic (exact) mass is 315 g/mol. The number of aliphatic hydroxyl groups excluding tert-OH is 1. The first-order chi connectivity index (χ1) is 9.54. The average molecular weight is 315 g/mol. The third-order valence-corrected chi connectivity index (χ3v) is 4.85. The Morgan fingerprint density at radius 3 is 2.14 bits per heavy atom. The second-order valence-electron chi connectivity index (χ2n) is 6.18. The van der Waals surface area contributed by atoms with Crippen LogP contribution in [0.2, 0.25) is 0 Å². The molecule has 6 heteroatoms. The van der Waals surface area contributed by atoms with E-state index in [4.69, 9.17) is 4.74 Å². The quantitative estimate of drug-likeness (QED) is 0.808. The molecule has 0 aliphatic heterocycles. The number of nitrogens with one attached hydrogen (secondary N) is 1. The van der Waals surface area contributed by atoms with Gasteiger partial charge in [0.25, 0.3) is 0 Å². The topological polar surface area (TPSA) is 75.6 Å². The third kappa shape index (κ3) is 5.30. The van der Waals surface area contributed by atoms with E-state index in [9.17, 15) is 13.5 Å². The maximum atomic E-state index is 12.3. The van der Waals surface area contributed by atoms with Gasteiger partial charge in [-0.15, -0.1) is 0 Å². The van der Waals surface area contributed by atoms with Gasteiger partial charge in [0.1, 0.15) is 5.75 Å². The lowest BCUT2D eigenvalue weighted by Crippen LogP contribution is -2.50. The normalized spacial score (nSPS) is 14.2. The van der Waals surface area contributed by atoms with Gasteiger partial charge < -0.3 is 9.84 Å². The van der Waals surface area contributed by atoms with Crippen molar-refractivity contribution in [2.45, 2.75) is 51.2 Å². The van der Waals surface area contributed by atoms with Crippen molar-refractivity contribution in [2.75, 3.05) is 6.61 Å². The zero-order valence-electron chi connectivity index (χ0n) is 13.3. The SMILES string of the molecule is CC(C)COc1ccc(S(=O)(=O)NC(C)(C)C(C)O)cc1. The van der Waals surface area contributed by atoms with E-state index < -0.39 is 21.7 Å². The Balaban J connectivity index is 2.85. The smallest absolute Gasteiger partial charge is 0.241 e. The van der Waals surface area contributed by atoms with Crippen LogP contribution in [0.1, 0.15) is 34.6 Å². The summed E-state index contributed by atoms with van der Waals surface area (Å²) >= 11 is 0. The molecule has 1 atom stereocenters. The highest BCUT2D eigenvalue weighted by atomic mass is 32.2. The van der Waals surface area contributed by atoms with Crippen molar-refractivity contribution in [1.29, 1.82) is 0 Å². The van der Waals surface area contributed by atoms with Gasteiger partial charge in [0.15, 0.2) is 0 Å². The molecule has 0 amide bonds.